The van der Waals surface area contributed by atoms with Gasteiger partial charge >= 0.3 is 0 Å². The van der Waals surface area contributed by atoms with Crippen molar-refractivity contribution >= 4 is 43.5 Å². The highest BCUT2D eigenvalue weighted by Crippen LogP contribution is 2.40. The highest BCUT2D eigenvalue weighted by molar-refractivity contribution is 9.11. The van der Waals surface area contributed by atoms with E-state index in [1.165, 1.54) is 25.7 Å². The highest BCUT2D eigenvalue weighted by atomic mass is 79.9. The van der Waals surface area contributed by atoms with Crippen LogP contribution in [0.1, 0.15) is 37.3 Å². The molecule has 3 rings (SSSR count). The second kappa shape index (κ2) is 6.12. The molecule has 104 valence electrons. The minimum absolute atomic E-state index is 0.492. The highest BCUT2D eigenvalue weighted by Gasteiger charge is 2.24. The lowest BCUT2D eigenvalue weighted by Gasteiger charge is -2.14. The van der Waals surface area contributed by atoms with Gasteiger partial charge in [-0.05, 0) is 34.8 Å². The predicted molar refractivity (Wildman–Crippen MR) is 89.1 cm³/mol. The third kappa shape index (κ3) is 2.78. The summed E-state index contributed by atoms with van der Waals surface area (Å²) in [7, 11) is 0. The van der Waals surface area contributed by atoms with Gasteiger partial charge in [-0.2, -0.15) is 0 Å². The summed E-state index contributed by atoms with van der Waals surface area (Å²) >= 11 is 13.4. The molecule has 0 atom stereocenters. The van der Waals surface area contributed by atoms with Crippen LogP contribution in [0.3, 0.4) is 0 Å². The SMILES string of the molecule is Clc1nc(-c2ccccc2Br)nc(C2CCCC2)c1Br. The minimum Gasteiger partial charge on any atom is -0.231 e. The summed E-state index contributed by atoms with van der Waals surface area (Å²) in [4.78, 5) is 9.19. The van der Waals surface area contributed by atoms with Crippen LogP contribution in [-0.2, 0) is 0 Å². The topological polar surface area (TPSA) is 25.8 Å². The third-order valence-corrected chi connectivity index (χ3v) is 5.67. The minimum atomic E-state index is 0.492. The Labute approximate surface area is 140 Å². The van der Waals surface area contributed by atoms with Crippen molar-refractivity contribution in [2.24, 2.45) is 0 Å². The van der Waals surface area contributed by atoms with Crippen molar-refractivity contribution in [1.82, 2.24) is 9.97 Å². The van der Waals surface area contributed by atoms with Gasteiger partial charge in [0, 0.05) is 16.0 Å². The van der Waals surface area contributed by atoms with Crippen molar-refractivity contribution in [1.29, 1.82) is 0 Å². The summed E-state index contributed by atoms with van der Waals surface area (Å²) in [5, 5.41) is 0.493. The molecule has 1 aliphatic carbocycles. The van der Waals surface area contributed by atoms with Crippen LogP contribution in [0.4, 0.5) is 0 Å². The van der Waals surface area contributed by atoms with Crippen molar-refractivity contribution in [2.45, 2.75) is 31.6 Å². The maximum atomic E-state index is 6.29. The quantitative estimate of drug-likeness (QED) is 0.563. The number of nitrogens with zero attached hydrogens (tertiary/aromatic N) is 2. The number of hydrogen-bond acceptors (Lipinski definition) is 2. The molecule has 1 fully saturated rings. The fraction of sp³-hybridized carbons (Fsp3) is 0.333. The van der Waals surface area contributed by atoms with Crippen LogP contribution in [0.5, 0.6) is 0 Å². The Kier molecular flexibility index (Phi) is 4.43. The zero-order valence-electron chi connectivity index (χ0n) is 10.7. The molecule has 2 aromatic rings. The zero-order valence-corrected chi connectivity index (χ0v) is 14.7. The molecule has 1 aromatic carbocycles. The van der Waals surface area contributed by atoms with E-state index < -0.39 is 0 Å². The van der Waals surface area contributed by atoms with E-state index in [0.29, 0.717) is 16.9 Å². The summed E-state index contributed by atoms with van der Waals surface area (Å²) in [6, 6.07) is 7.95. The maximum Gasteiger partial charge on any atom is 0.162 e. The fourth-order valence-electron chi connectivity index (χ4n) is 2.67. The molecule has 0 N–H and O–H groups in total. The molecule has 1 aliphatic rings. The first-order valence-corrected chi connectivity index (χ1v) is 8.61. The van der Waals surface area contributed by atoms with Crippen LogP contribution in [0.25, 0.3) is 11.4 Å². The average Bonchev–Trinajstić information content (AvgIpc) is 2.96. The van der Waals surface area contributed by atoms with Gasteiger partial charge in [-0.1, -0.05) is 58.6 Å². The van der Waals surface area contributed by atoms with Gasteiger partial charge in [0.1, 0.15) is 5.15 Å². The molecule has 0 spiro atoms. The lowest BCUT2D eigenvalue weighted by atomic mass is 10.0. The van der Waals surface area contributed by atoms with E-state index >= 15 is 0 Å². The van der Waals surface area contributed by atoms with Gasteiger partial charge < -0.3 is 0 Å². The molecule has 1 saturated carbocycles. The van der Waals surface area contributed by atoms with E-state index in [1.54, 1.807) is 0 Å². The Bertz CT molecular complexity index is 640. The smallest absolute Gasteiger partial charge is 0.162 e. The van der Waals surface area contributed by atoms with Crippen molar-refractivity contribution in [3.63, 3.8) is 0 Å². The molecule has 1 aromatic heterocycles. The van der Waals surface area contributed by atoms with Gasteiger partial charge in [-0.3, -0.25) is 0 Å². The number of benzene rings is 1. The van der Waals surface area contributed by atoms with Gasteiger partial charge in [0.15, 0.2) is 5.82 Å². The molecule has 0 bridgehead atoms. The number of aromatic nitrogens is 2. The summed E-state index contributed by atoms with van der Waals surface area (Å²) in [6.45, 7) is 0. The Morgan fingerprint density at radius 1 is 1.05 bits per heavy atom. The standard InChI is InChI=1S/C15H13Br2ClN2/c16-11-8-4-3-7-10(11)15-19-13(9-5-1-2-6-9)12(17)14(18)20-15/h3-4,7-9H,1-2,5-6H2. The molecule has 1 heterocycles. The lowest BCUT2D eigenvalue weighted by Crippen LogP contribution is -2.03. The Morgan fingerprint density at radius 3 is 2.45 bits per heavy atom. The second-order valence-corrected chi connectivity index (χ2v) is 7.00. The second-order valence-electron chi connectivity index (χ2n) is 5.00. The first kappa shape index (κ1) is 14.5. The van der Waals surface area contributed by atoms with E-state index in [0.717, 1.165) is 20.2 Å². The molecule has 0 saturated heterocycles. The summed E-state index contributed by atoms with van der Waals surface area (Å²) in [5.74, 6) is 1.18. The van der Waals surface area contributed by atoms with Crippen molar-refractivity contribution in [3.8, 4) is 11.4 Å². The van der Waals surface area contributed by atoms with Gasteiger partial charge in [-0.15, -0.1) is 0 Å². The van der Waals surface area contributed by atoms with Crippen LogP contribution in [-0.4, -0.2) is 9.97 Å². The number of halogens is 3. The number of rotatable bonds is 2. The molecular weight excluding hydrogens is 403 g/mol. The van der Waals surface area contributed by atoms with Crippen LogP contribution < -0.4 is 0 Å². The van der Waals surface area contributed by atoms with Crippen LogP contribution >= 0.6 is 43.5 Å². The van der Waals surface area contributed by atoms with E-state index in [9.17, 15) is 0 Å². The average molecular weight is 417 g/mol. The predicted octanol–water partition coefficient (Wildman–Crippen LogP) is 5.98. The normalized spacial score (nSPS) is 15.8. The largest absolute Gasteiger partial charge is 0.231 e. The van der Waals surface area contributed by atoms with Crippen molar-refractivity contribution in [3.05, 3.63) is 44.1 Å². The van der Waals surface area contributed by atoms with Crippen molar-refractivity contribution in [2.75, 3.05) is 0 Å². The van der Waals surface area contributed by atoms with E-state index in [4.69, 9.17) is 16.6 Å². The summed E-state index contributed by atoms with van der Waals surface area (Å²) < 4.78 is 1.83. The van der Waals surface area contributed by atoms with Gasteiger partial charge in [0.25, 0.3) is 0 Å². The van der Waals surface area contributed by atoms with E-state index in [2.05, 4.69) is 36.8 Å². The maximum absolute atomic E-state index is 6.29. The monoisotopic (exact) mass is 414 g/mol. The van der Waals surface area contributed by atoms with Gasteiger partial charge in [-0.25, -0.2) is 9.97 Å². The molecule has 5 heteroatoms. The molecule has 20 heavy (non-hydrogen) atoms. The third-order valence-electron chi connectivity index (χ3n) is 3.69. The van der Waals surface area contributed by atoms with Gasteiger partial charge in [0.2, 0.25) is 0 Å². The van der Waals surface area contributed by atoms with E-state index in [1.807, 2.05) is 24.3 Å². The first-order chi connectivity index (χ1) is 9.66. The number of hydrogen-bond donors (Lipinski definition) is 0. The molecule has 0 unspecified atom stereocenters. The molecule has 2 nitrogen and oxygen atoms in total. The molecule has 0 amide bonds. The fourth-order valence-corrected chi connectivity index (χ4v) is 3.81. The Morgan fingerprint density at radius 2 is 1.75 bits per heavy atom. The summed E-state index contributed by atoms with van der Waals surface area (Å²) in [6.07, 6.45) is 4.90. The van der Waals surface area contributed by atoms with Crippen molar-refractivity contribution < 1.29 is 0 Å². The first-order valence-electron chi connectivity index (χ1n) is 6.64. The Hall–Kier alpha value is -0.450. The van der Waals surface area contributed by atoms with Crippen LogP contribution in [0.15, 0.2) is 33.2 Å². The zero-order chi connectivity index (χ0) is 14.1. The molecule has 0 aliphatic heterocycles. The van der Waals surface area contributed by atoms with E-state index in [-0.39, 0.29) is 0 Å². The molecular formula is C15H13Br2ClN2. The van der Waals surface area contributed by atoms with Crippen LogP contribution in [0.2, 0.25) is 5.15 Å². The van der Waals surface area contributed by atoms with Gasteiger partial charge in [0.05, 0.1) is 10.2 Å². The lowest BCUT2D eigenvalue weighted by molar-refractivity contribution is 0.690. The summed E-state index contributed by atoms with van der Waals surface area (Å²) in [5.41, 5.74) is 2.02. The molecule has 0 radical (unpaired) electrons. The Balaban J connectivity index is 2.11. The van der Waals surface area contributed by atoms with Crippen LogP contribution in [0, 0.1) is 0 Å².